The third-order valence-corrected chi connectivity index (χ3v) is 3.82. The van der Waals surface area contributed by atoms with Gasteiger partial charge in [-0.15, -0.1) is 11.3 Å². The SMILES string of the molecule is CCc1cnc(C2CCC(=O)C2)s1. The predicted molar refractivity (Wildman–Crippen MR) is 53.1 cm³/mol. The van der Waals surface area contributed by atoms with Crippen molar-refractivity contribution < 1.29 is 4.79 Å². The first-order valence-corrected chi connectivity index (χ1v) is 5.57. The number of hydrogen-bond donors (Lipinski definition) is 0. The largest absolute Gasteiger partial charge is 0.300 e. The number of rotatable bonds is 2. The predicted octanol–water partition coefficient (Wildman–Crippen LogP) is 2.54. The van der Waals surface area contributed by atoms with E-state index < -0.39 is 0 Å². The van der Waals surface area contributed by atoms with Gasteiger partial charge in [0, 0.05) is 29.8 Å². The van der Waals surface area contributed by atoms with Gasteiger partial charge in [-0.25, -0.2) is 4.98 Å². The van der Waals surface area contributed by atoms with Crippen LogP contribution in [0.25, 0.3) is 0 Å². The molecule has 0 bridgehead atoms. The summed E-state index contributed by atoms with van der Waals surface area (Å²) in [6, 6.07) is 0. The lowest BCUT2D eigenvalue weighted by molar-refractivity contribution is -0.117. The Bertz CT molecular complexity index is 318. The minimum Gasteiger partial charge on any atom is -0.300 e. The monoisotopic (exact) mass is 195 g/mol. The Kier molecular flexibility index (Phi) is 2.44. The Labute approximate surface area is 82.0 Å². The van der Waals surface area contributed by atoms with Crippen LogP contribution >= 0.6 is 11.3 Å². The summed E-state index contributed by atoms with van der Waals surface area (Å²) in [5.74, 6) is 0.830. The minimum atomic E-state index is 0.401. The number of aromatic nitrogens is 1. The van der Waals surface area contributed by atoms with Crippen LogP contribution in [0.15, 0.2) is 6.20 Å². The maximum absolute atomic E-state index is 11.1. The summed E-state index contributed by atoms with van der Waals surface area (Å²) in [5.41, 5.74) is 0. The highest BCUT2D eigenvalue weighted by atomic mass is 32.1. The Morgan fingerprint density at radius 3 is 3.08 bits per heavy atom. The highest BCUT2D eigenvalue weighted by Gasteiger charge is 2.25. The Morgan fingerprint density at radius 1 is 1.69 bits per heavy atom. The van der Waals surface area contributed by atoms with Crippen LogP contribution in [0.3, 0.4) is 0 Å². The summed E-state index contributed by atoms with van der Waals surface area (Å²) in [6.07, 6.45) is 5.49. The molecular weight excluding hydrogens is 182 g/mol. The lowest BCUT2D eigenvalue weighted by Gasteiger charge is -2.00. The number of Topliss-reactive ketones (excluding diaryl/α,β-unsaturated/α-hetero) is 1. The molecule has 0 amide bonds. The van der Waals surface area contributed by atoms with Crippen LogP contribution < -0.4 is 0 Å². The van der Waals surface area contributed by atoms with E-state index in [4.69, 9.17) is 0 Å². The molecule has 13 heavy (non-hydrogen) atoms. The van der Waals surface area contributed by atoms with Crippen molar-refractivity contribution in [3.63, 3.8) is 0 Å². The van der Waals surface area contributed by atoms with E-state index in [1.165, 1.54) is 9.88 Å². The van der Waals surface area contributed by atoms with E-state index in [0.717, 1.165) is 25.7 Å². The molecule has 1 aliphatic rings. The molecule has 1 aliphatic carbocycles. The van der Waals surface area contributed by atoms with Gasteiger partial charge in [0.1, 0.15) is 5.78 Å². The van der Waals surface area contributed by atoms with Crippen LogP contribution in [0.1, 0.15) is 42.0 Å². The summed E-state index contributed by atoms with van der Waals surface area (Å²) in [7, 11) is 0. The lowest BCUT2D eigenvalue weighted by Crippen LogP contribution is -1.92. The molecule has 2 rings (SSSR count). The van der Waals surface area contributed by atoms with Gasteiger partial charge in [-0.2, -0.15) is 0 Å². The molecule has 1 aromatic rings. The Hall–Kier alpha value is -0.700. The number of aryl methyl sites for hydroxylation is 1. The number of carbonyl (C=O) groups excluding carboxylic acids is 1. The number of hydrogen-bond acceptors (Lipinski definition) is 3. The van der Waals surface area contributed by atoms with Gasteiger partial charge in [-0.05, 0) is 12.8 Å². The fourth-order valence-corrected chi connectivity index (χ4v) is 2.69. The summed E-state index contributed by atoms with van der Waals surface area (Å²) in [4.78, 5) is 16.8. The summed E-state index contributed by atoms with van der Waals surface area (Å²) >= 11 is 1.77. The fourth-order valence-electron chi connectivity index (χ4n) is 1.70. The maximum Gasteiger partial charge on any atom is 0.133 e. The van der Waals surface area contributed by atoms with Crippen LogP contribution in [0, 0.1) is 0 Å². The summed E-state index contributed by atoms with van der Waals surface area (Å²) in [5, 5.41) is 1.17. The number of ketones is 1. The van der Waals surface area contributed by atoms with Crippen molar-refractivity contribution in [2.45, 2.75) is 38.5 Å². The van der Waals surface area contributed by atoms with E-state index in [2.05, 4.69) is 11.9 Å². The molecule has 1 saturated carbocycles. The van der Waals surface area contributed by atoms with E-state index in [-0.39, 0.29) is 0 Å². The van der Waals surface area contributed by atoms with Crippen molar-refractivity contribution in [1.29, 1.82) is 0 Å². The molecule has 1 aromatic heterocycles. The quantitative estimate of drug-likeness (QED) is 0.726. The van der Waals surface area contributed by atoms with Crippen LogP contribution in [-0.2, 0) is 11.2 Å². The zero-order valence-electron chi connectivity index (χ0n) is 7.75. The van der Waals surface area contributed by atoms with Crippen LogP contribution in [0.2, 0.25) is 0 Å². The molecule has 3 heteroatoms. The highest BCUT2D eigenvalue weighted by molar-refractivity contribution is 7.11. The molecule has 0 saturated heterocycles. The van der Waals surface area contributed by atoms with Gasteiger partial charge in [0.15, 0.2) is 0 Å². The Balaban J connectivity index is 2.12. The van der Waals surface area contributed by atoms with Gasteiger partial charge in [-0.1, -0.05) is 6.92 Å². The van der Waals surface area contributed by atoms with Crippen molar-refractivity contribution >= 4 is 17.1 Å². The van der Waals surface area contributed by atoms with E-state index in [1.54, 1.807) is 11.3 Å². The molecule has 1 heterocycles. The summed E-state index contributed by atoms with van der Waals surface area (Å²) in [6.45, 7) is 2.14. The van der Waals surface area contributed by atoms with Gasteiger partial charge >= 0.3 is 0 Å². The van der Waals surface area contributed by atoms with Crippen LogP contribution in [-0.4, -0.2) is 10.8 Å². The first-order chi connectivity index (χ1) is 6.29. The van der Waals surface area contributed by atoms with E-state index in [9.17, 15) is 4.79 Å². The number of nitrogens with zero attached hydrogens (tertiary/aromatic N) is 1. The molecule has 70 valence electrons. The second-order valence-corrected chi connectivity index (χ2v) is 4.64. The molecule has 0 aliphatic heterocycles. The van der Waals surface area contributed by atoms with Crippen molar-refractivity contribution in [2.75, 3.05) is 0 Å². The molecule has 1 fully saturated rings. The topological polar surface area (TPSA) is 30.0 Å². The molecule has 1 atom stereocenters. The maximum atomic E-state index is 11.1. The average Bonchev–Trinajstić information content (AvgIpc) is 2.71. The molecule has 1 unspecified atom stereocenters. The van der Waals surface area contributed by atoms with Gasteiger partial charge in [-0.3, -0.25) is 4.79 Å². The smallest absolute Gasteiger partial charge is 0.133 e. The normalized spacial score (nSPS) is 22.5. The van der Waals surface area contributed by atoms with Crippen LogP contribution in [0.5, 0.6) is 0 Å². The molecule has 2 nitrogen and oxygen atoms in total. The molecular formula is C10H13NOS. The third-order valence-electron chi connectivity index (χ3n) is 2.51. The minimum absolute atomic E-state index is 0.401. The second kappa shape index (κ2) is 3.58. The van der Waals surface area contributed by atoms with E-state index in [0.29, 0.717) is 11.7 Å². The first kappa shape index (κ1) is 8.88. The van der Waals surface area contributed by atoms with Gasteiger partial charge in [0.25, 0.3) is 0 Å². The zero-order valence-corrected chi connectivity index (χ0v) is 8.56. The molecule has 0 N–H and O–H groups in total. The van der Waals surface area contributed by atoms with Crippen molar-refractivity contribution in [1.82, 2.24) is 4.98 Å². The van der Waals surface area contributed by atoms with Gasteiger partial charge < -0.3 is 0 Å². The Morgan fingerprint density at radius 2 is 2.54 bits per heavy atom. The van der Waals surface area contributed by atoms with E-state index >= 15 is 0 Å². The average molecular weight is 195 g/mol. The second-order valence-electron chi connectivity index (χ2n) is 3.50. The van der Waals surface area contributed by atoms with Crippen molar-refractivity contribution in [3.05, 3.63) is 16.1 Å². The first-order valence-electron chi connectivity index (χ1n) is 4.76. The van der Waals surface area contributed by atoms with Gasteiger partial charge in [0.2, 0.25) is 0 Å². The number of thiazole rings is 1. The van der Waals surface area contributed by atoms with E-state index in [1.807, 2.05) is 6.20 Å². The van der Waals surface area contributed by atoms with Gasteiger partial charge in [0.05, 0.1) is 5.01 Å². The fraction of sp³-hybridized carbons (Fsp3) is 0.600. The molecule has 0 aromatic carbocycles. The zero-order chi connectivity index (χ0) is 9.26. The summed E-state index contributed by atoms with van der Waals surface area (Å²) < 4.78 is 0. The standard InChI is InChI=1S/C10H13NOS/c1-2-9-6-11-10(13-9)7-3-4-8(12)5-7/h6-7H,2-5H2,1H3. The van der Waals surface area contributed by atoms with Crippen LogP contribution in [0.4, 0.5) is 0 Å². The molecule has 0 radical (unpaired) electrons. The van der Waals surface area contributed by atoms with Crippen molar-refractivity contribution in [2.24, 2.45) is 0 Å². The van der Waals surface area contributed by atoms with Crippen molar-refractivity contribution in [3.8, 4) is 0 Å². The number of carbonyl (C=O) groups is 1. The highest BCUT2D eigenvalue weighted by Crippen LogP contribution is 2.34. The third kappa shape index (κ3) is 1.80. The molecule has 0 spiro atoms. The lowest BCUT2D eigenvalue weighted by atomic mass is 10.1.